The summed E-state index contributed by atoms with van der Waals surface area (Å²) in [5.74, 6) is 0.225. The Morgan fingerprint density at radius 3 is 2.65 bits per heavy atom. The van der Waals surface area contributed by atoms with Gasteiger partial charge in [0.25, 0.3) is 0 Å². The van der Waals surface area contributed by atoms with Crippen LogP contribution in [0.1, 0.15) is 6.42 Å². The van der Waals surface area contributed by atoms with Crippen LogP contribution in [0.3, 0.4) is 0 Å². The van der Waals surface area contributed by atoms with Crippen LogP contribution in [0.4, 0.5) is 11.6 Å². The number of hydrogen-bond acceptors (Lipinski definition) is 5. The van der Waals surface area contributed by atoms with Crippen LogP contribution < -0.4 is 11.1 Å². The highest BCUT2D eigenvalue weighted by molar-refractivity contribution is 6.31. The summed E-state index contributed by atoms with van der Waals surface area (Å²) in [7, 11) is 0. The zero-order chi connectivity index (χ0) is 16.2. The van der Waals surface area contributed by atoms with Gasteiger partial charge in [0.15, 0.2) is 0 Å². The number of nitrogens with zero attached hydrogens (tertiary/aromatic N) is 2. The first-order chi connectivity index (χ1) is 11.2. The summed E-state index contributed by atoms with van der Waals surface area (Å²) in [5.41, 5.74) is 9.18. The maximum absolute atomic E-state index is 10.3. The highest BCUT2D eigenvalue weighted by atomic mass is 35.5. The van der Waals surface area contributed by atoms with Gasteiger partial charge in [-0.15, -0.1) is 0 Å². The lowest BCUT2D eigenvalue weighted by Gasteiger charge is -2.09. The summed E-state index contributed by atoms with van der Waals surface area (Å²) in [6.45, 7) is 0.613. The fourth-order valence-electron chi connectivity index (χ4n) is 2.36. The lowest BCUT2D eigenvalue weighted by Crippen LogP contribution is -2.01. The molecule has 6 heteroatoms. The van der Waals surface area contributed by atoms with Crippen molar-refractivity contribution in [3.05, 3.63) is 47.5 Å². The average Bonchev–Trinajstić information content (AvgIpc) is 2.55. The molecular formula is C17H15ClN4O. The number of aldehydes is 1. The van der Waals surface area contributed by atoms with Gasteiger partial charge in [-0.25, -0.2) is 9.97 Å². The second-order valence-electron chi connectivity index (χ2n) is 5.05. The van der Waals surface area contributed by atoms with Crippen LogP contribution in [0.25, 0.3) is 22.2 Å². The highest BCUT2D eigenvalue weighted by Gasteiger charge is 2.09. The zero-order valence-electron chi connectivity index (χ0n) is 12.3. The van der Waals surface area contributed by atoms with E-state index in [1.54, 1.807) is 6.07 Å². The molecule has 0 saturated carbocycles. The Morgan fingerprint density at radius 2 is 1.91 bits per heavy atom. The third kappa shape index (κ3) is 3.40. The molecule has 0 saturated heterocycles. The lowest BCUT2D eigenvalue weighted by atomic mass is 10.1. The van der Waals surface area contributed by atoms with Gasteiger partial charge in [0.05, 0.1) is 11.2 Å². The van der Waals surface area contributed by atoms with E-state index in [1.165, 1.54) is 0 Å². The normalized spacial score (nSPS) is 10.7. The Balaban J connectivity index is 1.99. The van der Waals surface area contributed by atoms with E-state index in [2.05, 4.69) is 15.3 Å². The van der Waals surface area contributed by atoms with Crippen molar-refractivity contribution in [2.24, 2.45) is 0 Å². The number of nitrogen functional groups attached to an aromatic ring is 1. The van der Waals surface area contributed by atoms with Crippen molar-refractivity contribution in [3.8, 4) is 11.3 Å². The molecule has 1 heterocycles. The van der Waals surface area contributed by atoms with Crippen LogP contribution in [-0.4, -0.2) is 22.8 Å². The molecule has 116 valence electrons. The van der Waals surface area contributed by atoms with Gasteiger partial charge in [-0.3, -0.25) is 0 Å². The highest BCUT2D eigenvalue weighted by Crippen LogP contribution is 2.29. The second kappa shape index (κ2) is 6.62. The molecule has 5 nitrogen and oxygen atoms in total. The van der Waals surface area contributed by atoms with Crippen LogP contribution in [0, 0.1) is 0 Å². The van der Waals surface area contributed by atoms with Crippen molar-refractivity contribution in [2.75, 3.05) is 17.6 Å². The summed E-state index contributed by atoms with van der Waals surface area (Å²) in [5, 5.41) is 4.65. The standard InChI is InChI=1S/C17H15ClN4O/c18-12-4-7-15-14(10-12)16(22-17(19)21-15)11-2-5-13(6-3-11)20-8-1-9-23/h2-7,9-10,20H,1,8H2,(H2,19,21,22). The molecule has 0 bridgehead atoms. The van der Waals surface area contributed by atoms with E-state index in [1.807, 2.05) is 36.4 Å². The predicted octanol–water partition coefficient (Wildman–Crippen LogP) is 3.53. The number of nitrogens with one attached hydrogen (secondary N) is 1. The number of carbonyl (C=O) groups excluding carboxylic acids is 1. The Morgan fingerprint density at radius 1 is 1.13 bits per heavy atom. The molecule has 23 heavy (non-hydrogen) atoms. The molecular weight excluding hydrogens is 312 g/mol. The van der Waals surface area contributed by atoms with Crippen LogP contribution in [-0.2, 0) is 4.79 Å². The number of nitrogens with two attached hydrogens (primary N) is 1. The van der Waals surface area contributed by atoms with E-state index in [4.69, 9.17) is 17.3 Å². The molecule has 0 radical (unpaired) electrons. The fourth-order valence-corrected chi connectivity index (χ4v) is 2.53. The average molecular weight is 327 g/mol. The first-order valence-electron chi connectivity index (χ1n) is 7.18. The molecule has 3 aromatic rings. The first kappa shape index (κ1) is 15.2. The Kier molecular flexibility index (Phi) is 4.39. The van der Waals surface area contributed by atoms with Crippen molar-refractivity contribution in [3.63, 3.8) is 0 Å². The van der Waals surface area contributed by atoms with Crippen LogP contribution in [0.15, 0.2) is 42.5 Å². The van der Waals surface area contributed by atoms with Gasteiger partial charge in [-0.05, 0) is 30.3 Å². The topological polar surface area (TPSA) is 80.9 Å². The van der Waals surface area contributed by atoms with E-state index in [9.17, 15) is 4.79 Å². The maximum Gasteiger partial charge on any atom is 0.221 e. The van der Waals surface area contributed by atoms with Crippen molar-refractivity contribution >= 4 is 40.4 Å². The molecule has 0 fully saturated rings. The molecule has 3 rings (SSSR count). The number of aromatic nitrogens is 2. The number of hydrogen-bond donors (Lipinski definition) is 2. The van der Waals surface area contributed by atoms with Gasteiger partial charge in [0.1, 0.15) is 6.29 Å². The van der Waals surface area contributed by atoms with Crippen molar-refractivity contribution in [1.82, 2.24) is 9.97 Å². The molecule has 0 amide bonds. The predicted molar refractivity (Wildman–Crippen MR) is 93.6 cm³/mol. The number of fused-ring (bicyclic) bond motifs is 1. The van der Waals surface area contributed by atoms with Crippen LogP contribution >= 0.6 is 11.6 Å². The molecule has 0 aliphatic carbocycles. The summed E-state index contributed by atoms with van der Waals surface area (Å²) < 4.78 is 0. The second-order valence-corrected chi connectivity index (χ2v) is 5.49. The molecule has 1 aromatic heterocycles. The van der Waals surface area contributed by atoms with Gasteiger partial charge in [-0.2, -0.15) is 0 Å². The van der Waals surface area contributed by atoms with E-state index < -0.39 is 0 Å². The molecule has 0 spiro atoms. The summed E-state index contributed by atoms with van der Waals surface area (Å²) in [4.78, 5) is 18.9. The van der Waals surface area contributed by atoms with E-state index in [0.29, 0.717) is 18.0 Å². The number of anilines is 2. The van der Waals surface area contributed by atoms with Gasteiger partial charge in [0.2, 0.25) is 5.95 Å². The summed E-state index contributed by atoms with van der Waals surface area (Å²) in [6, 6.07) is 13.2. The van der Waals surface area contributed by atoms with E-state index >= 15 is 0 Å². The Bertz CT molecular complexity index is 849. The first-order valence-corrected chi connectivity index (χ1v) is 7.56. The molecule has 0 unspecified atom stereocenters. The largest absolute Gasteiger partial charge is 0.385 e. The minimum atomic E-state index is 0.225. The minimum absolute atomic E-state index is 0.225. The van der Waals surface area contributed by atoms with Gasteiger partial charge in [0, 0.05) is 34.6 Å². The smallest absolute Gasteiger partial charge is 0.221 e. The van der Waals surface area contributed by atoms with Crippen molar-refractivity contribution in [2.45, 2.75) is 6.42 Å². The fraction of sp³-hybridized carbons (Fsp3) is 0.118. The zero-order valence-corrected chi connectivity index (χ0v) is 13.0. The quantitative estimate of drug-likeness (QED) is 0.553. The molecule has 2 aromatic carbocycles. The number of rotatable bonds is 5. The maximum atomic E-state index is 10.3. The minimum Gasteiger partial charge on any atom is -0.385 e. The summed E-state index contributed by atoms with van der Waals surface area (Å²) in [6.07, 6.45) is 1.37. The van der Waals surface area contributed by atoms with Crippen molar-refractivity contribution < 1.29 is 4.79 Å². The van der Waals surface area contributed by atoms with Gasteiger partial charge in [-0.1, -0.05) is 23.7 Å². The van der Waals surface area contributed by atoms with Gasteiger partial charge < -0.3 is 15.8 Å². The monoisotopic (exact) mass is 326 g/mol. The SMILES string of the molecule is Nc1nc(-c2ccc(NCCC=O)cc2)c2cc(Cl)ccc2n1. The number of benzene rings is 2. The summed E-state index contributed by atoms with van der Waals surface area (Å²) >= 11 is 6.09. The Labute approximate surface area is 138 Å². The van der Waals surface area contributed by atoms with Crippen molar-refractivity contribution in [1.29, 1.82) is 0 Å². The lowest BCUT2D eigenvalue weighted by molar-refractivity contribution is -0.107. The Hall–Kier alpha value is -2.66. The number of halogens is 1. The molecule has 0 aliphatic heterocycles. The van der Waals surface area contributed by atoms with E-state index in [-0.39, 0.29) is 5.95 Å². The van der Waals surface area contributed by atoms with Gasteiger partial charge >= 0.3 is 0 Å². The number of carbonyl (C=O) groups is 1. The van der Waals surface area contributed by atoms with Crippen LogP contribution in [0.2, 0.25) is 5.02 Å². The molecule has 3 N–H and O–H groups in total. The third-order valence-corrected chi connectivity index (χ3v) is 3.66. The van der Waals surface area contributed by atoms with E-state index in [0.717, 1.165) is 34.1 Å². The van der Waals surface area contributed by atoms with Crippen LogP contribution in [0.5, 0.6) is 0 Å². The molecule has 0 aliphatic rings. The molecule has 0 atom stereocenters. The third-order valence-electron chi connectivity index (χ3n) is 3.42.